The number of morpholine rings is 1. The minimum Gasteiger partial charge on any atom is -0.378 e. The van der Waals surface area contributed by atoms with Gasteiger partial charge in [0.15, 0.2) is 0 Å². The maximum absolute atomic E-state index is 6.52. The van der Waals surface area contributed by atoms with Gasteiger partial charge in [-0.25, -0.2) is 4.98 Å². The van der Waals surface area contributed by atoms with Gasteiger partial charge in [0.25, 0.3) is 0 Å². The second kappa shape index (κ2) is 7.86. The van der Waals surface area contributed by atoms with Crippen molar-refractivity contribution in [2.75, 3.05) is 37.9 Å². The molecule has 2 aliphatic heterocycles. The van der Waals surface area contributed by atoms with Gasteiger partial charge in [-0.05, 0) is 36.3 Å². The van der Waals surface area contributed by atoms with Crippen LogP contribution in [0.4, 0.5) is 5.13 Å². The molecule has 2 aliphatic rings. The lowest BCUT2D eigenvalue weighted by Gasteiger charge is -2.39. The average Bonchev–Trinajstić information content (AvgIpc) is 3.31. The Labute approximate surface area is 179 Å². The van der Waals surface area contributed by atoms with Gasteiger partial charge < -0.3 is 9.64 Å². The molecule has 0 bridgehead atoms. The molecule has 3 heterocycles. The molecule has 150 valence electrons. The fourth-order valence-electron chi connectivity index (χ4n) is 4.01. The number of benzene rings is 2. The van der Waals surface area contributed by atoms with Crippen LogP contribution in [-0.4, -0.2) is 47.7 Å². The van der Waals surface area contributed by atoms with Gasteiger partial charge in [0, 0.05) is 18.1 Å². The van der Waals surface area contributed by atoms with Gasteiger partial charge in [-0.1, -0.05) is 53.3 Å². The van der Waals surface area contributed by atoms with Crippen molar-refractivity contribution in [3.8, 4) is 0 Å². The van der Waals surface area contributed by atoms with Crippen LogP contribution in [0.15, 0.2) is 59.9 Å². The number of ether oxygens (including phenoxy) is 1. The van der Waals surface area contributed by atoms with Crippen LogP contribution in [0, 0.1) is 0 Å². The smallest absolute Gasteiger partial charge is 0.205 e. The Morgan fingerprint density at radius 1 is 1.07 bits per heavy atom. The van der Waals surface area contributed by atoms with Crippen LogP contribution < -0.4 is 5.01 Å². The minimum absolute atomic E-state index is 0.708. The molecule has 2 aromatic carbocycles. The Balaban J connectivity index is 1.54. The van der Waals surface area contributed by atoms with Gasteiger partial charge in [-0.2, -0.15) is 0 Å². The Morgan fingerprint density at radius 3 is 2.62 bits per heavy atom. The molecule has 0 unspecified atom stereocenters. The highest BCUT2D eigenvalue weighted by molar-refractivity contribution is 7.22. The molecule has 0 spiro atoms. The molecule has 3 aromatic rings. The summed E-state index contributed by atoms with van der Waals surface area (Å²) >= 11 is 8.26. The van der Waals surface area contributed by atoms with Crippen LogP contribution in [-0.2, 0) is 11.3 Å². The number of aromatic nitrogens is 1. The molecule has 0 aliphatic carbocycles. The van der Waals surface area contributed by atoms with Crippen LogP contribution in [0.5, 0.6) is 0 Å². The lowest BCUT2D eigenvalue weighted by Crippen LogP contribution is -2.45. The molecule has 29 heavy (non-hydrogen) atoms. The Kier molecular flexibility index (Phi) is 5.08. The molecule has 0 amide bonds. The zero-order valence-corrected chi connectivity index (χ0v) is 17.9. The van der Waals surface area contributed by atoms with Gasteiger partial charge in [0.1, 0.15) is 5.82 Å². The van der Waals surface area contributed by atoms with E-state index in [0.717, 1.165) is 54.1 Å². The van der Waals surface area contributed by atoms with Crippen molar-refractivity contribution in [1.82, 2.24) is 14.9 Å². The summed E-state index contributed by atoms with van der Waals surface area (Å²) in [5.41, 5.74) is 3.50. The first-order valence-corrected chi connectivity index (χ1v) is 11.1. The molecule has 1 saturated heterocycles. The number of halogens is 1. The van der Waals surface area contributed by atoms with E-state index in [0.29, 0.717) is 6.54 Å². The standard InChI is InChI=1S/C22H23ClN4OS/c1-16-14-27(22-24-19-8-4-5-9-20(19)29-22)26(15-17-6-2-3-7-18(17)23)21(16)25-10-12-28-13-11-25/h2-9H,10-15H2,1H3. The molecular formula is C22H23ClN4OS. The van der Waals surface area contributed by atoms with Crippen LogP contribution >= 0.6 is 22.9 Å². The number of fused-ring (bicyclic) bond motifs is 1. The third-order valence-corrected chi connectivity index (χ3v) is 6.82. The lowest BCUT2D eigenvalue weighted by molar-refractivity contribution is 0.0376. The molecule has 1 fully saturated rings. The van der Waals surface area contributed by atoms with Crippen molar-refractivity contribution in [3.63, 3.8) is 0 Å². The zero-order chi connectivity index (χ0) is 19.8. The van der Waals surface area contributed by atoms with Crippen molar-refractivity contribution in [2.24, 2.45) is 0 Å². The summed E-state index contributed by atoms with van der Waals surface area (Å²) < 4.78 is 6.80. The summed E-state index contributed by atoms with van der Waals surface area (Å²) in [5.74, 6) is 1.26. The maximum atomic E-state index is 6.52. The number of para-hydroxylation sites is 1. The Morgan fingerprint density at radius 2 is 1.83 bits per heavy atom. The number of hydrogen-bond donors (Lipinski definition) is 0. The molecule has 0 radical (unpaired) electrons. The SMILES string of the molecule is CC1=C(N2CCOCC2)N(Cc2ccccc2Cl)N(c2nc3ccccc3s2)C1. The van der Waals surface area contributed by atoms with E-state index in [-0.39, 0.29) is 0 Å². The molecule has 0 saturated carbocycles. The van der Waals surface area contributed by atoms with Crippen LogP contribution in [0.1, 0.15) is 12.5 Å². The van der Waals surface area contributed by atoms with Crippen molar-refractivity contribution in [1.29, 1.82) is 0 Å². The van der Waals surface area contributed by atoms with Crippen molar-refractivity contribution in [3.05, 3.63) is 70.5 Å². The second-order valence-corrected chi connectivity index (χ2v) is 8.79. The largest absolute Gasteiger partial charge is 0.378 e. The quantitative estimate of drug-likeness (QED) is 0.601. The van der Waals surface area contributed by atoms with E-state index >= 15 is 0 Å². The summed E-state index contributed by atoms with van der Waals surface area (Å²) in [5, 5.41) is 6.46. The molecule has 1 aromatic heterocycles. The highest BCUT2D eigenvalue weighted by Gasteiger charge is 2.34. The number of rotatable bonds is 4. The van der Waals surface area contributed by atoms with Gasteiger partial charge >= 0.3 is 0 Å². The summed E-state index contributed by atoms with van der Waals surface area (Å²) in [6, 6.07) is 16.4. The first-order chi connectivity index (χ1) is 14.2. The van der Waals surface area contributed by atoms with E-state index in [2.05, 4.69) is 46.1 Å². The van der Waals surface area contributed by atoms with E-state index in [9.17, 15) is 0 Å². The van der Waals surface area contributed by atoms with Crippen LogP contribution in [0.3, 0.4) is 0 Å². The van der Waals surface area contributed by atoms with Crippen LogP contribution in [0.2, 0.25) is 5.02 Å². The van der Waals surface area contributed by atoms with E-state index in [1.165, 1.54) is 16.1 Å². The van der Waals surface area contributed by atoms with Crippen molar-refractivity contribution in [2.45, 2.75) is 13.5 Å². The first-order valence-electron chi connectivity index (χ1n) is 9.87. The summed E-state index contributed by atoms with van der Waals surface area (Å²) in [7, 11) is 0. The highest BCUT2D eigenvalue weighted by atomic mass is 35.5. The van der Waals surface area contributed by atoms with E-state index in [1.54, 1.807) is 11.3 Å². The molecule has 0 N–H and O–H groups in total. The fourth-order valence-corrected chi connectivity index (χ4v) is 5.18. The summed E-state index contributed by atoms with van der Waals surface area (Å²) in [4.78, 5) is 7.36. The van der Waals surface area contributed by atoms with Gasteiger partial charge in [-0.15, -0.1) is 0 Å². The van der Waals surface area contributed by atoms with Gasteiger partial charge in [0.2, 0.25) is 5.13 Å². The number of anilines is 1. The van der Waals surface area contributed by atoms with Gasteiger partial charge in [0.05, 0.1) is 36.5 Å². The van der Waals surface area contributed by atoms with Gasteiger partial charge in [-0.3, -0.25) is 10.0 Å². The van der Waals surface area contributed by atoms with E-state index in [4.69, 9.17) is 21.3 Å². The fraction of sp³-hybridized carbons (Fsp3) is 0.318. The number of nitrogens with zero attached hydrogens (tertiary/aromatic N) is 4. The minimum atomic E-state index is 0.708. The summed E-state index contributed by atoms with van der Waals surface area (Å²) in [6.45, 7) is 7.09. The van der Waals surface area contributed by atoms with E-state index in [1.807, 2.05) is 24.3 Å². The monoisotopic (exact) mass is 426 g/mol. The van der Waals surface area contributed by atoms with Crippen LogP contribution in [0.25, 0.3) is 10.2 Å². The normalized spacial score (nSPS) is 17.7. The third kappa shape index (κ3) is 3.56. The first kappa shape index (κ1) is 18.7. The molecular weight excluding hydrogens is 404 g/mol. The van der Waals surface area contributed by atoms with Crippen molar-refractivity contribution < 1.29 is 4.74 Å². The highest BCUT2D eigenvalue weighted by Crippen LogP contribution is 2.37. The Hall–Kier alpha value is -2.28. The number of thiazole rings is 1. The third-order valence-electron chi connectivity index (χ3n) is 5.40. The maximum Gasteiger partial charge on any atom is 0.205 e. The zero-order valence-electron chi connectivity index (χ0n) is 16.3. The Bertz CT molecular complexity index is 1030. The lowest BCUT2D eigenvalue weighted by atomic mass is 10.2. The average molecular weight is 427 g/mol. The number of hydrogen-bond acceptors (Lipinski definition) is 6. The topological polar surface area (TPSA) is 31.8 Å². The predicted octanol–water partition coefficient (Wildman–Crippen LogP) is 4.75. The van der Waals surface area contributed by atoms with E-state index < -0.39 is 0 Å². The predicted molar refractivity (Wildman–Crippen MR) is 119 cm³/mol. The molecule has 5 rings (SSSR count). The number of hydrazine groups is 1. The second-order valence-electron chi connectivity index (χ2n) is 7.37. The molecule has 0 atom stereocenters. The summed E-state index contributed by atoms with van der Waals surface area (Å²) in [6.07, 6.45) is 0. The van der Waals surface area contributed by atoms with Crippen molar-refractivity contribution >= 4 is 38.3 Å². The molecule has 7 heteroatoms. The molecule has 5 nitrogen and oxygen atoms in total.